The number of rotatable bonds is 7. The van der Waals surface area contributed by atoms with E-state index in [0.717, 1.165) is 0 Å². The van der Waals surface area contributed by atoms with E-state index in [0.29, 0.717) is 48.4 Å². The predicted octanol–water partition coefficient (Wildman–Crippen LogP) is 2.81. The Bertz CT molecular complexity index is 1690. The molecule has 0 aliphatic carbocycles. The number of benzene rings is 2. The first kappa shape index (κ1) is 47.6. The molecule has 2 aromatic carbocycles. The highest BCUT2D eigenvalue weighted by atomic mass is 35.5. The third kappa shape index (κ3) is 13.9. The van der Waals surface area contributed by atoms with Crippen molar-refractivity contribution in [3.05, 3.63) is 47.5 Å². The van der Waals surface area contributed by atoms with E-state index >= 15 is 0 Å². The fraction of sp³-hybridized carbons (Fsp3) is 0.553. The molecular weight excluding hydrogens is 769 g/mol. The van der Waals surface area contributed by atoms with Crippen LogP contribution in [0.15, 0.2) is 36.4 Å². The van der Waals surface area contributed by atoms with Crippen molar-refractivity contribution in [3.8, 4) is 22.6 Å². The SMILES string of the molecule is CC(C)(C)OC(=O)N[C@H]1Cc2cc(ccc2O)-c2ccc(O)c(c2)C[C@@H](C(=O)NC2CNCCNC2)NC(=O)[C@H](CCCN(C(=O)O)C(C)(C)C)NC1=O.Cl.Cl. The number of ether oxygens (including phenoxy) is 1. The Morgan fingerprint density at radius 3 is 1.89 bits per heavy atom. The number of phenols is 2. The van der Waals surface area contributed by atoms with Gasteiger partial charge in [-0.2, -0.15) is 0 Å². The average Bonchev–Trinajstić information content (AvgIpc) is 3.33. The van der Waals surface area contributed by atoms with E-state index < -0.39 is 59.2 Å². The van der Waals surface area contributed by atoms with Crippen molar-refractivity contribution in [2.24, 2.45) is 0 Å². The van der Waals surface area contributed by atoms with Crippen LogP contribution < -0.4 is 31.9 Å². The van der Waals surface area contributed by atoms with E-state index in [-0.39, 0.29) is 74.6 Å². The molecule has 2 aromatic rings. The summed E-state index contributed by atoms with van der Waals surface area (Å²) in [7, 11) is 0. The van der Waals surface area contributed by atoms with Gasteiger partial charge in [-0.15, -0.1) is 24.8 Å². The number of hydrogen-bond acceptors (Lipinski definition) is 10. The maximum Gasteiger partial charge on any atom is 0.408 e. The van der Waals surface area contributed by atoms with Gasteiger partial charge in [0.15, 0.2) is 0 Å². The van der Waals surface area contributed by atoms with Gasteiger partial charge in [0.1, 0.15) is 35.2 Å². The third-order valence-electron chi connectivity index (χ3n) is 9.14. The molecule has 1 fully saturated rings. The summed E-state index contributed by atoms with van der Waals surface area (Å²) in [5, 5.41) is 49.3. The van der Waals surface area contributed by atoms with Crippen molar-refractivity contribution >= 4 is 54.7 Å². The van der Waals surface area contributed by atoms with Crippen molar-refractivity contribution in [1.82, 2.24) is 36.8 Å². The molecule has 2 aliphatic rings. The number of carbonyl (C=O) groups excluding carboxylic acids is 4. The zero-order valence-electron chi connectivity index (χ0n) is 32.7. The highest BCUT2D eigenvalue weighted by Crippen LogP contribution is 2.31. The van der Waals surface area contributed by atoms with Crippen LogP contribution in [0.1, 0.15) is 65.5 Å². The number of phenolic OH excluding ortho intramolecular Hbond substituents is 2. The van der Waals surface area contributed by atoms with E-state index in [1.165, 1.54) is 17.0 Å². The number of amides is 5. The predicted molar refractivity (Wildman–Crippen MR) is 216 cm³/mol. The number of carbonyl (C=O) groups is 5. The Hall–Kier alpha value is -4.51. The second-order valence-electron chi connectivity index (χ2n) is 15.8. The lowest BCUT2D eigenvalue weighted by molar-refractivity contribution is -0.133. The molecule has 56 heavy (non-hydrogen) atoms. The summed E-state index contributed by atoms with van der Waals surface area (Å²) in [5.74, 6) is -2.27. The van der Waals surface area contributed by atoms with E-state index in [9.17, 15) is 39.3 Å². The van der Waals surface area contributed by atoms with Crippen LogP contribution in [0.4, 0.5) is 9.59 Å². The molecule has 1 saturated heterocycles. The summed E-state index contributed by atoms with van der Waals surface area (Å²) < 4.78 is 5.43. The molecule has 2 aliphatic heterocycles. The molecule has 4 bridgehead atoms. The highest BCUT2D eigenvalue weighted by Gasteiger charge is 2.34. The van der Waals surface area contributed by atoms with E-state index in [1.807, 2.05) is 0 Å². The lowest BCUT2D eigenvalue weighted by Gasteiger charge is -2.33. The zero-order valence-corrected chi connectivity index (χ0v) is 34.3. The van der Waals surface area contributed by atoms with Crippen LogP contribution in [0.25, 0.3) is 11.1 Å². The van der Waals surface area contributed by atoms with Gasteiger partial charge in [-0.3, -0.25) is 14.4 Å². The van der Waals surface area contributed by atoms with Gasteiger partial charge in [-0.25, -0.2) is 9.59 Å². The highest BCUT2D eigenvalue weighted by molar-refractivity contribution is 5.94. The van der Waals surface area contributed by atoms with Crippen LogP contribution in [-0.2, 0) is 32.0 Å². The topological polar surface area (TPSA) is 231 Å². The molecule has 2 heterocycles. The number of carboxylic acid groups (broad SMARTS) is 1. The van der Waals surface area contributed by atoms with E-state index in [4.69, 9.17) is 4.74 Å². The number of fused-ring (bicyclic) bond motifs is 5. The molecule has 4 rings (SSSR count). The van der Waals surface area contributed by atoms with Crippen molar-refractivity contribution in [2.75, 3.05) is 32.7 Å². The van der Waals surface area contributed by atoms with E-state index in [1.54, 1.807) is 65.8 Å². The van der Waals surface area contributed by atoms with Gasteiger partial charge in [0.05, 0.1) is 6.04 Å². The lowest BCUT2D eigenvalue weighted by Crippen LogP contribution is -2.59. The monoisotopic (exact) mass is 825 g/mol. The summed E-state index contributed by atoms with van der Waals surface area (Å²) in [6.45, 7) is 12.7. The number of hydrogen-bond donors (Lipinski definition) is 9. The standard InChI is InChI=1S/C38H55N7O9.2ClH/c1-37(2,3)45(36(52)53)15-7-8-27-32(48)43-28(33(49)41-26-20-39-13-14-40-21-26)18-24-16-22(9-11-30(24)46)23-10-12-31(47)25(17-23)19-29(34(50)42-27)44-35(51)54-38(4,5)6;;/h9-12,16-17,26-29,39-40,46-47H,7-8,13-15,18-21H2,1-6H3,(H,41,49)(H,42,50)(H,43,48)(H,44,51)(H,52,53);2*1H/t27-,28-,29-;;/m0../s1. The van der Waals surface area contributed by atoms with Crippen LogP contribution in [0.5, 0.6) is 11.5 Å². The second-order valence-corrected chi connectivity index (χ2v) is 15.8. The number of nitrogens with one attached hydrogen (secondary N) is 6. The van der Waals surface area contributed by atoms with Gasteiger partial charge in [0, 0.05) is 51.1 Å². The minimum atomic E-state index is -1.34. The maximum atomic E-state index is 14.2. The largest absolute Gasteiger partial charge is 0.508 e. The van der Waals surface area contributed by atoms with Crippen molar-refractivity contribution in [2.45, 2.75) is 103 Å². The van der Waals surface area contributed by atoms with Crippen molar-refractivity contribution in [3.63, 3.8) is 0 Å². The van der Waals surface area contributed by atoms with Gasteiger partial charge in [-0.1, -0.05) is 12.1 Å². The zero-order chi connectivity index (χ0) is 39.8. The van der Waals surface area contributed by atoms with Gasteiger partial charge < -0.3 is 56.9 Å². The third-order valence-corrected chi connectivity index (χ3v) is 9.14. The molecule has 3 atom stereocenters. The van der Waals surface area contributed by atoms with Gasteiger partial charge in [0.2, 0.25) is 17.7 Å². The Labute approximate surface area is 340 Å². The Kier molecular flexibility index (Phi) is 17.5. The normalized spacial score (nSPS) is 19.5. The van der Waals surface area contributed by atoms with Crippen LogP contribution in [0, 0.1) is 0 Å². The summed E-state index contributed by atoms with van der Waals surface area (Å²) in [6.07, 6.45) is -2.26. The molecule has 18 heteroatoms. The minimum absolute atomic E-state index is 0. The summed E-state index contributed by atoms with van der Waals surface area (Å²) >= 11 is 0. The van der Waals surface area contributed by atoms with Crippen LogP contribution in [0.3, 0.4) is 0 Å². The second kappa shape index (κ2) is 20.6. The molecule has 0 saturated carbocycles. The van der Waals surface area contributed by atoms with Crippen LogP contribution in [0.2, 0.25) is 0 Å². The number of alkyl carbamates (subject to hydrolysis) is 1. The molecule has 5 amide bonds. The molecule has 16 nitrogen and oxygen atoms in total. The number of nitrogens with zero attached hydrogens (tertiary/aromatic N) is 1. The molecule has 0 radical (unpaired) electrons. The summed E-state index contributed by atoms with van der Waals surface area (Å²) in [4.78, 5) is 68.6. The molecule has 9 N–H and O–H groups in total. The Balaban J connectivity index is 0.00000541. The molecule has 0 unspecified atom stereocenters. The molecule has 0 spiro atoms. The minimum Gasteiger partial charge on any atom is -0.508 e. The van der Waals surface area contributed by atoms with Crippen LogP contribution >= 0.6 is 24.8 Å². The number of aromatic hydroxyl groups is 2. The smallest absolute Gasteiger partial charge is 0.408 e. The molecule has 0 aromatic heterocycles. The fourth-order valence-corrected chi connectivity index (χ4v) is 6.36. The summed E-state index contributed by atoms with van der Waals surface area (Å²) in [6, 6.07) is 5.48. The van der Waals surface area contributed by atoms with Crippen molar-refractivity contribution in [1.29, 1.82) is 0 Å². The Morgan fingerprint density at radius 2 is 1.38 bits per heavy atom. The van der Waals surface area contributed by atoms with E-state index in [2.05, 4.69) is 31.9 Å². The quantitative estimate of drug-likeness (QED) is 0.197. The van der Waals surface area contributed by atoms with Gasteiger partial charge in [0.25, 0.3) is 0 Å². The first-order chi connectivity index (χ1) is 25.3. The average molecular weight is 827 g/mol. The lowest BCUT2D eigenvalue weighted by atomic mass is 9.95. The van der Waals surface area contributed by atoms with Gasteiger partial charge >= 0.3 is 12.2 Å². The molecule has 312 valence electrons. The van der Waals surface area contributed by atoms with Crippen LogP contribution in [-0.4, -0.2) is 118 Å². The molecular formula is C38H57Cl2N7O9. The maximum absolute atomic E-state index is 14.2. The number of halogens is 2. The Morgan fingerprint density at radius 1 is 0.821 bits per heavy atom. The fourth-order valence-electron chi connectivity index (χ4n) is 6.36. The van der Waals surface area contributed by atoms with Crippen molar-refractivity contribution < 1.29 is 44.0 Å². The first-order valence-electron chi connectivity index (χ1n) is 18.3. The summed E-state index contributed by atoms with van der Waals surface area (Å²) in [5.41, 5.74) is 0.266. The first-order valence-corrected chi connectivity index (χ1v) is 18.3. The van der Waals surface area contributed by atoms with Gasteiger partial charge in [-0.05, 0) is 101 Å².